The van der Waals surface area contributed by atoms with E-state index in [-0.39, 0.29) is 12.5 Å². The van der Waals surface area contributed by atoms with Crippen LogP contribution < -0.4 is 15.5 Å². The number of halogens is 1. The number of carbonyl (C=O) groups is 2. The number of hydrogen-bond donors (Lipinski definition) is 2. The Labute approximate surface area is 168 Å². The maximum absolute atomic E-state index is 13.3. The van der Waals surface area contributed by atoms with Gasteiger partial charge in [0.1, 0.15) is 6.17 Å². The van der Waals surface area contributed by atoms with E-state index in [9.17, 15) is 14.0 Å². The number of nitrogens with zero attached hydrogens (tertiary/aromatic N) is 3. The first-order valence-electron chi connectivity index (χ1n) is 9.86. The minimum Gasteiger partial charge on any atom is -0.448 e. The molecule has 0 saturated carbocycles. The lowest BCUT2D eigenvalue weighted by atomic mass is 10.1. The number of carbonyl (C=O) groups excluding carboxylic acids is 2. The molecule has 0 bridgehead atoms. The number of rotatable bonds is 4. The van der Waals surface area contributed by atoms with Crippen LogP contribution in [0.5, 0.6) is 0 Å². The molecule has 2 aromatic rings. The number of benzene rings is 1. The predicted molar refractivity (Wildman–Crippen MR) is 106 cm³/mol. The van der Waals surface area contributed by atoms with Crippen LogP contribution in [0.15, 0.2) is 24.3 Å². The zero-order chi connectivity index (χ0) is 20.4. The number of anilines is 2. The van der Waals surface area contributed by atoms with Gasteiger partial charge in [-0.05, 0) is 44.0 Å². The molecule has 3 heterocycles. The normalized spacial score (nSPS) is 16.6. The number of amides is 1. The van der Waals surface area contributed by atoms with Gasteiger partial charge in [0.15, 0.2) is 5.82 Å². The van der Waals surface area contributed by atoms with E-state index in [1.54, 1.807) is 19.1 Å². The van der Waals surface area contributed by atoms with E-state index >= 15 is 0 Å². The summed E-state index contributed by atoms with van der Waals surface area (Å²) >= 11 is 0. The lowest BCUT2D eigenvalue weighted by Gasteiger charge is -2.30. The van der Waals surface area contributed by atoms with Crippen molar-refractivity contribution in [1.29, 1.82) is 0 Å². The number of alkyl halides is 1. The zero-order valence-corrected chi connectivity index (χ0v) is 16.3. The van der Waals surface area contributed by atoms with E-state index in [2.05, 4.69) is 20.6 Å². The van der Waals surface area contributed by atoms with Gasteiger partial charge < -0.3 is 20.3 Å². The van der Waals surface area contributed by atoms with E-state index < -0.39 is 12.3 Å². The maximum Gasteiger partial charge on any atom is 0.435 e. The quantitative estimate of drug-likeness (QED) is 0.819. The van der Waals surface area contributed by atoms with Crippen molar-refractivity contribution >= 4 is 23.5 Å². The molecule has 4 rings (SSSR count). The third-order valence-corrected chi connectivity index (χ3v) is 5.28. The molecule has 29 heavy (non-hydrogen) atoms. The molecular formula is C20H24FN5O3. The predicted octanol–water partition coefficient (Wildman–Crippen LogP) is 2.68. The van der Waals surface area contributed by atoms with Crippen molar-refractivity contribution in [2.75, 3.05) is 29.9 Å². The molecule has 9 heteroatoms. The Morgan fingerprint density at radius 1 is 1.24 bits per heavy atom. The molecule has 2 aliphatic rings. The average molecular weight is 401 g/mol. The van der Waals surface area contributed by atoms with Crippen molar-refractivity contribution < 1.29 is 18.7 Å². The van der Waals surface area contributed by atoms with E-state index in [0.717, 1.165) is 11.3 Å². The lowest BCUT2D eigenvalue weighted by Crippen LogP contribution is -2.34. The fourth-order valence-corrected chi connectivity index (χ4v) is 3.70. The van der Waals surface area contributed by atoms with Crippen molar-refractivity contribution in [3.05, 3.63) is 41.1 Å². The molecule has 0 radical (unpaired) electrons. The zero-order valence-electron chi connectivity index (χ0n) is 16.3. The fourth-order valence-electron chi connectivity index (χ4n) is 3.70. The van der Waals surface area contributed by atoms with Gasteiger partial charge in [0, 0.05) is 43.0 Å². The van der Waals surface area contributed by atoms with E-state index in [0.29, 0.717) is 56.1 Å². The monoisotopic (exact) mass is 401 g/mol. The maximum atomic E-state index is 13.3. The van der Waals surface area contributed by atoms with Crippen LogP contribution >= 0.6 is 0 Å². The summed E-state index contributed by atoms with van der Waals surface area (Å²) in [6, 6.07) is 7.23. The highest BCUT2D eigenvalue weighted by Gasteiger charge is 2.27. The van der Waals surface area contributed by atoms with Crippen molar-refractivity contribution in [1.82, 2.24) is 15.1 Å². The second kappa shape index (κ2) is 8.20. The summed E-state index contributed by atoms with van der Waals surface area (Å²) in [5.41, 5.74) is 2.95. The third-order valence-electron chi connectivity index (χ3n) is 5.28. The van der Waals surface area contributed by atoms with Crippen LogP contribution in [0.4, 0.5) is 20.7 Å². The molecule has 0 unspecified atom stereocenters. The Balaban J connectivity index is 1.47. The number of ether oxygens (including phenoxy) is 1. The number of piperidine rings is 1. The molecule has 1 amide bonds. The first-order chi connectivity index (χ1) is 14.1. The molecule has 2 N–H and O–H groups in total. The van der Waals surface area contributed by atoms with E-state index in [1.165, 1.54) is 4.68 Å². The fraction of sp³-hybridized carbons (Fsp3) is 0.450. The second-order valence-corrected chi connectivity index (χ2v) is 7.15. The lowest BCUT2D eigenvalue weighted by molar-refractivity contribution is 0.102. The summed E-state index contributed by atoms with van der Waals surface area (Å²) in [6.45, 7) is 4.34. The highest BCUT2D eigenvalue weighted by atomic mass is 19.1. The van der Waals surface area contributed by atoms with Gasteiger partial charge in [-0.2, -0.15) is 4.68 Å². The summed E-state index contributed by atoms with van der Waals surface area (Å²) in [7, 11) is 0. The van der Waals surface area contributed by atoms with Crippen molar-refractivity contribution in [2.24, 2.45) is 0 Å². The standard InChI is InChI=1S/C20H24FN5O3/c1-2-29-20(28)26-17-12-22-11-16(17)18(24-26)23-19(27)13-3-5-15(6-4-13)25-9-7-14(21)8-10-25/h3-6,14,22H,2,7-12H2,1H3,(H,23,24,27). The van der Waals surface area contributed by atoms with Crippen LogP contribution in [0.1, 0.15) is 41.4 Å². The van der Waals surface area contributed by atoms with Crippen molar-refractivity contribution in [3.63, 3.8) is 0 Å². The van der Waals surface area contributed by atoms with Crippen molar-refractivity contribution in [2.45, 2.75) is 39.0 Å². The third kappa shape index (κ3) is 3.95. The van der Waals surface area contributed by atoms with Gasteiger partial charge >= 0.3 is 6.09 Å². The Morgan fingerprint density at radius 2 is 1.97 bits per heavy atom. The average Bonchev–Trinajstić information content (AvgIpc) is 3.33. The summed E-state index contributed by atoms with van der Waals surface area (Å²) < 4.78 is 19.5. The first-order valence-corrected chi connectivity index (χ1v) is 9.86. The van der Waals surface area contributed by atoms with Gasteiger partial charge in [-0.25, -0.2) is 9.18 Å². The minimum atomic E-state index is -0.720. The Kier molecular flexibility index (Phi) is 5.48. The van der Waals surface area contributed by atoms with E-state index in [1.807, 2.05) is 12.1 Å². The van der Waals surface area contributed by atoms with Crippen LogP contribution in [0.3, 0.4) is 0 Å². The van der Waals surface area contributed by atoms with Gasteiger partial charge in [0.2, 0.25) is 0 Å². The molecule has 1 aromatic heterocycles. The van der Waals surface area contributed by atoms with Gasteiger partial charge in [-0.15, -0.1) is 5.10 Å². The Hall–Kier alpha value is -2.94. The van der Waals surface area contributed by atoms with Crippen LogP contribution in [0, 0.1) is 0 Å². The van der Waals surface area contributed by atoms with Crippen LogP contribution in [0.25, 0.3) is 0 Å². The van der Waals surface area contributed by atoms with Gasteiger partial charge in [-0.1, -0.05) is 0 Å². The smallest absolute Gasteiger partial charge is 0.435 e. The molecule has 0 atom stereocenters. The highest BCUT2D eigenvalue weighted by molar-refractivity contribution is 6.04. The number of hydrogen-bond acceptors (Lipinski definition) is 6. The number of nitrogens with one attached hydrogen (secondary N) is 2. The van der Waals surface area contributed by atoms with Gasteiger partial charge in [0.05, 0.1) is 12.3 Å². The number of aromatic nitrogens is 2. The Bertz CT molecular complexity index is 904. The molecule has 0 aliphatic carbocycles. The summed E-state index contributed by atoms with van der Waals surface area (Å²) in [5, 5.41) is 10.2. The first kappa shape index (κ1) is 19.4. The van der Waals surface area contributed by atoms with E-state index in [4.69, 9.17) is 4.74 Å². The number of fused-ring (bicyclic) bond motifs is 1. The van der Waals surface area contributed by atoms with Gasteiger partial charge in [-0.3, -0.25) is 4.79 Å². The summed E-state index contributed by atoms with van der Waals surface area (Å²) in [6.07, 6.45) is -0.217. The topological polar surface area (TPSA) is 88.5 Å². The molecule has 0 spiro atoms. The van der Waals surface area contributed by atoms with Crippen LogP contribution in [-0.4, -0.2) is 47.6 Å². The molecule has 8 nitrogen and oxygen atoms in total. The molecule has 1 saturated heterocycles. The van der Waals surface area contributed by atoms with Crippen LogP contribution in [-0.2, 0) is 17.8 Å². The molecule has 1 fully saturated rings. The largest absolute Gasteiger partial charge is 0.448 e. The summed E-state index contributed by atoms with van der Waals surface area (Å²) in [5.74, 6) is 0.0550. The highest BCUT2D eigenvalue weighted by Crippen LogP contribution is 2.25. The SMILES string of the molecule is CCOC(=O)n1nc(NC(=O)c2ccc(N3CCC(F)CC3)cc2)c2c1CNC2. The van der Waals surface area contributed by atoms with Crippen LogP contribution in [0.2, 0.25) is 0 Å². The minimum absolute atomic E-state index is 0.248. The van der Waals surface area contributed by atoms with Gasteiger partial charge in [0.25, 0.3) is 5.91 Å². The molecular weight excluding hydrogens is 377 g/mol. The molecule has 154 valence electrons. The molecule has 2 aliphatic heterocycles. The van der Waals surface area contributed by atoms with Crippen molar-refractivity contribution in [3.8, 4) is 0 Å². The Morgan fingerprint density at radius 3 is 2.66 bits per heavy atom. The second-order valence-electron chi connectivity index (χ2n) is 7.15. The molecule has 1 aromatic carbocycles. The summed E-state index contributed by atoms with van der Waals surface area (Å²) in [4.78, 5) is 26.9.